The summed E-state index contributed by atoms with van der Waals surface area (Å²) in [5.41, 5.74) is 0.0988. The maximum Gasteiger partial charge on any atom is 0.240 e. The van der Waals surface area contributed by atoms with Crippen LogP contribution in [0.25, 0.3) is 0 Å². The van der Waals surface area contributed by atoms with E-state index >= 15 is 0 Å². The molecule has 56 valence electrons. The lowest BCUT2D eigenvalue weighted by molar-refractivity contribution is 0.565. The molecule has 2 nitrogen and oxygen atoms in total. The van der Waals surface area contributed by atoms with E-state index in [2.05, 4.69) is 4.99 Å². The van der Waals surface area contributed by atoms with Gasteiger partial charge in [0.25, 0.3) is 0 Å². The van der Waals surface area contributed by atoms with Gasteiger partial charge in [-0.05, 0) is 12.1 Å². The number of rotatable bonds is 1. The topological polar surface area (TPSA) is 29.4 Å². The Bertz CT molecular complexity index is 320. The lowest BCUT2D eigenvalue weighted by Crippen LogP contribution is -1.74. The van der Waals surface area contributed by atoms with Crippen LogP contribution < -0.4 is 0 Å². The Morgan fingerprint density at radius 1 is 1.55 bits per heavy atom. The first-order chi connectivity index (χ1) is 5.25. The van der Waals surface area contributed by atoms with Gasteiger partial charge in [0.15, 0.2) is 0 Å². The third-order valence-corrected chi connectivity index (χ3v) is 1.47. The summed E-state index contributed by atoms with van der Waals surface area (Å²) in [5.74, 6) is -0.594. The lowest BCUT2D eigenvalue weighted by Gasteiger charge is -1.94. The molecular weight excluding hydrogens is 169 g/mol. The first-order valence-corrected chi connectivity index (χ1v) is 3.15. The van der Waals surface area contributed by atoms with Crippen LogP contribution in [0.2, 0.25) is 5.02 Å². The molecule has 0 aromatic heterocycles. The molecule has 0 heterocycles. The molecule has 0 bridgehead atoms. The van der Waals surface area contributed by atoms with Gasteiger partial charge >= 0.3 is 0 Å². The van der Waals surface area contributed by atoms with Crippen molar-refractivity contribution in [3.8, 4) is 0 Å². The summed E-state index contributed by atoms with van der Waals surface area (Å²) < 4.78 is 12.6. The van der Waals surface area contributed by atoms with Gasteiger partial charge in [-0.3, -0.25) is 0 Å². The Balaban J connectivity index is 3.26. The van der Waals surface area contributed by atoms with E-state index in [0.717, 1.165) is 0 Å². The number of hydrogen-bond donors (Lipinski definition) is 0. The Morgan fingerprint density at radius 3 is 2.91 bits per heavy atom. The summed E-state index contributed by atoms with van der Waals surface area (Å²) in [5, 5.41) is -0.157. The van der Waals surface area contributed by atoms with Crippen LogP contribution in [0.5, 0.6) is 0 Å². The van der Waals surface area contributed by atoms with Crippen molar-refractivity contribution in [3.05, 3.63) is 29.0 Å². The van der Waals surface area contributed by atoms with Crippen LogP contribution in [0.1, 0.15) is 0 Å². The van der Waals surface area contributed by atoms with Gasteiger partial charge in [-0.25, -0.2) is 9.18 Å². The van der Waals surface area contributed by atoms with Gasteiger partial charge in [0.1, 0.15) is 10.8 Å². The van der Waals surface area contributed by atoms with Crippen molar-refractivity contribution < 1.29 is 9.18 Å². The zero-order chi connectivity index (χ0) is 8.27. The van der Waals surface area contributed by atoms with Gasteiger partial charge < -0.3 is 0 Å². The fourth-order valence-electron chi connectivity index (χ4n) is 0.628. The van der Waals surface area contributed by atoms with Crippen molar-refractivity contribution in [1.29, 1.82) is 0 Å². The van der Waals surface area contributed by atoms with E-state index in [4.69, 9.17) is 11.6 Å². The van der Waals surface area contributed by atoms with E-state index in [0.29, 0.717) is 0 Å². The molecule has 0 fully saturated rings. The van der Waals surface area contributed by atoms with Crippen LogP contribution in [-0.2, 0) is 4.79 Å². The smallest absolute Gasteiger partial charge is 0.211 e. The fourth-order valence-corrected chi connectivity index (χ4v) is 0.796. The summed E-state index contributed by atoms with van der Waals surface area (Å²) in [7, 11) is 0. The quantitative estimate of drug-likeness (QED) is 0.471. The summed E-state index contributed by atoms with van der Waals surface area (Å²) >= 11 is 5.42. The lowest BCUT2D eigenvalue weighted by atomic mass is 10.3. The normalized spacial score (nSPS) is 8.91. The van der Waals surface area contributed by atoms with E-state index < -0.39 is 5.82 Å². The largest absolute Gasteiger partial charge is 0.240 e. The third kappa shape index (κ3) is 1.64. The van der Waals surface area contributed by atoms with Crippen LogP contribution in [0, 0.1) is 5.82 Å². The number of aliphatic imine (C=N–C) groups is 1. The second-order valence-electron chi connectivity index (χ2n) is 1.78. The van der Waals surface area contributed by atoms with Gasteiger partial charge in [-0.1, -0.05) is 17.7 Å². The molecule has 1 aromatic carbocycles. The van der Waals surface area contributed by atoms with Crippen LogP contribution in [0.3, 0.4) is 0 Å². The van der Waals surface area contributed by atoms with Crippen molar-refractivity contribution in [2.24, 2.45) is 4.99 Å². The van der Waals surface area contributed by atoms with Crippen molar-refractivity contribution in [1.82, 2.24) is 0 Å². The van der Waals surface area contributed by atoms with E-state index in [9.17, 15) is 9.18 Å². The SMILES string of the molecule is O=C=Nc1cccc(F)c1Cl. The molecule has 11 heavy (non-hydrogen) atoms. The first kappa shape index (κ1) is 7.92. The second-order valence-corrected chi connectivity index (χ2v) is 2.15. The molecule has 4 heteroatoms. The van der Waals surface area contributed by atoms with Crippen molar-refractivity contribution in [2.45, 2.75) is 0 Å². The second kappa shape index (κ2) is 3.28. The molecule has 0 saturated carbocycles. The van der Waals surface area contributed by atoms with E-state index in [-0.39, 0.29) is 10.7 Å². The van der Waals surface area contributed by atoms with E-state index in [1.165, 1.54) is 24.3 Å². The van der Waals surface area contributed by atoms with Gasteiger partial charge in [0.05, 0.1) is 5.69 Å². The number of isocyanates is 1. The molecule has 0 N–H and O–H groups in total. The highest BCUT2D eigenvalue weighted by Crippen LogP contribution is 2.26. The van der Waals surface area contributed by atoms with Crippen LogP contribution in [0.4, 0.5) is 10.1 Å². The average molecular weight is 172 g/mol. The Hall–Kier alpha value is -1.18. The highest BCUT2D eigenvalue weighted by molar-refractivity contribution is 6.33. The molecule has 0 spiro atoms. The van der Waals surface area contributed by atoms with Crippen molar-refractivity contribution >= 4 is 23.4 Å². The molecule has 0 atom stereocenters. The number of nitrogens with zero attached hydrogens (tertiary/aromatic N) is 1. The fraction of sp³-hybridized carbons (Fsp3) is 0. The molecule has 0 amide bonds. The number of halogens is 2. The van der Waals surface area contributed by atoms with Gasteiger partial charge in [-0.15, -0.1) is 0 Å². The first-order valence-electron chi connectivity index (χ1n) is 2.77. The summed E-state index contributed by atoms with van der Waals surface area (Å²) in [6.07, 6.45) is 1.28. The molecule has 0 radical (unpaired) electrons. The molecule has 0 aliphatic carbocycles. The van der Waals surface area contributed by atoms with Crippen LogP contribution in [0.15, 0.2) is 23.2 Å². The van der Waals surface area contributed by atoms with E-state index in [1.807, 2.05) is 0 Å². The highest BCUT2D eigenvalue weighted by atomic mass is 35.5. The maximum absolute atomic E-state index is 12.6. The summed E-state index contributed by atoms with van der Waals surface area (Å²) in [4.78, 5) is 13.0. The van der Waals surface area contributed by atoms with E-state index in [1.54, 1.807) is 0 Å². The van der Waals surface area contributed by atoms with Gasteiger partial charge in [0.2, 0.25) is 6.08 Å². The Morgan fingerprint density at radius 2 is 2.27 bits per heavy atom. The summed E-state index contributed by atoms with van der Waals surface area (Å²) in [6, 6.07) is 4.03. The molecule has 1 aromatic rings. The van der Waals surface area contributed by atoms with Crippen molar-refractivity contribution in [3.63, 3.8) is 0 Å². The molecular formula is C7H3ClFNO. The van der Waals surface area contributed by atoms with Crippen LogP contribution >= 0.6 is 11.6 Å². The minimum atomic E-state index is -0.594. The molecule has 0 saturated heterocycles. The molecule has 0 aliphatic rings. The predicted molar refractivity (Wildman–Crippen MR) is 39.2 cm³/mol. The maximum atomic E-state index is 12.6. The zero-order valence-electron chi connectivity index (χ0n) is 5.34. The zero-order valence-corrected chi connectivity index (χ0v) is 6.10. The van der Waals surface area contributed by atoms with Gasteiger partial charge in [-0.2, -0.15) is 4.99 Å². The minimum Gasteiger partial charge on any atom is -0.211 e. The number of carbonyl (C=O) groups excluding carboxylic acids is 1. The minimum absolute atomic E-state index is 0.0988. The molecule has 1 rings (SSSR count). The van der Waals surface area contributed by atoms with Crippen molar-refractivity contribution in [2.75, 3.05) is 0 Å². The molecule has 0 aliphatic heterocycles. The number of benzene rings is 1. The third-order valence-electron chi connectivity index (χ3n) is 1.10. The van der Waals surface area contributed by atoms with Gasteiger partial charge in [0, 0.05) is 0 Å². The number of hydrogen-bond acceptors (Lipinski definition) is 2. The molecule has 0 unspecified atom stereocenters. The average Bonchev–Trinajstić information content (AvgIpc) is 1.99. The summed E-state index contributed by atoms with van der Waals surface area (Å²) in [6.45, 7) is 0. The Labute approximate surface area is 67.3 Å². The standard InChI is InChI=1S/C7H3ClFNO/c8-7-5(9)2-1-3-6(7)10-4-11/h1-3H. The van der Waals surface area contributed by atoms with Crippen LogP contribution in [-0.4, -0.2) is 6.08 Å². The predicted octanol–water partition coefficient (Wildman–Crippen LogP) is 2.45. The highest BCUT2D eigenvalue weighted by Gasteiger charge is 2.02. The monoisotopic (exact) mass is 171 g/mol. The Kier molecular flexibility index (Phi) is 2.36.